The molecule has 6 aromatic rings. The molecule has 37 heavy (non-hydrogen) atoms. The zero-order valence-corrected chi connectivity index (χ0v) is 20.2. The van der Waals surface area contributed by atoms with E-state index in [1.807, 2.05) is 71.3 Å². The van der Waals surface area contributed by atoms with E-state index < -0.39 is 0 Å². The summed E-state index contributed by atoms with van der Waals surface area (Å²) in [6.07, 6.45) is 1.95. The maximum absolute atomic E-state index is 11.4. The van der Waals surface area contributed by atoms with E-state index in [9.17, 15) is 4.79 Å². The van der Waals surface area contributed by atoms with Gasteiger partial charge in [0.25, 0.3) is 0 Å². The first kappa shape index (κ1) is 22.6. The zero-order valence-electron chi connectivity index (χ0n) is 20.2. The highest BCUT2D eigenvalue weighted by Gasteiger charge is 2.16. The van der Waals surface area contributed by atoms with Gasteiger partial charge in [0.1, 0.15) is 0 Å². The fraction of sp³-hybridized carbons (Fsp3) is 0.0667. The molecule has 0 aliphatic rings. The fourth-order valence-corrected chi connectivity index (χ4v) is 4.55. The van der Waals surface area contributed by atoms with Crippen LogP contribution in [-0.2, 0) is 11.3 Å². The number of hydrogen-bond acceptors (Lipinski definition) is 5. The first-order valence-corrected chi connectivity index (χ1v) is 12.0. The Kier molecular flexibility index (Phi) is 5.67. The van der Waals surface area contributed by atoms with Crippen LogP contribution >= 0.6 is 0 Å². The molecule has 3 N–H and O–H groups in total. The van der Waals surface area contributed by atoms with Crippen molar-refractivity contribution in [2.45, 2.75) is 13.5 Å². The van der Waals surface area contributed by atoms with E-state index in [1.165, 1.54) is 6.92 Å². The number of carbonyl (C=O) groups excluding carboxylic acids is 1. The van der Waals surface area contributed by atoms with Crippen LogP contribution in [0.15, 0.2) is 97.2 Å². The van der Waals surface area contributed by atoms with Gasteiger partial charge in [0.2, 0.25) is 5.91 Å². The number of anilines is 1. The summed E-state index contributed by atoms with van der Waals surface area (Å²) in [5, 5.41) is 12.7. The number of fused-ring (bicyclic) bond motifs is 3. The summed E-state index contributed by atoms with van der Waals surface area (Å²) in [5.74, 6) is 0.609. The lowest BCUT2D eigenvalue weighted by Crippen LogP contribution is -2.05. The third-order valence-corrected chi connectivity index (χ3v) is 6.38. The van der Waals surface area contributed by atoms with Crippen molar-refractivity contribution in [3.8, 4) is 33.8 Å². The van der Waals surface area contributed by atoms with Crippen LogP contribution in [-0.4, -0.2) is 25.5 Å². The Labute approximate surface area is 213 Å². The van der Waals surface area contributed by atoms with E-state index in [0.29, 0.717) is 12.4 Å². The number of aromatic nitrogens is 4. The molecule has 0 fully saturated rings. The second-order valence-electron chi connectivity index (χ2n) is 8.88. The van der Waals surface area contributed by atoms with Crippen LogP contribution in [0.4, 0.5) is 5.69 Å². The molecule has 6 rings (SSSR count). The summed E-state index contributed by atoms with van der Waals surface area (Å²) in [6.45, 7) is 1.99. The molecular weight excluding hydrogens is 460 g/mol. The van der Waals surface area contributed by atoms with Crippen LogP contribution in [0.3, 0.4) is 0 Å². The third-order valence-electron chi connectivity index (χ3n) is 6.38. The molecule has 7 nitrogen and oxygen atoms in total. The predicted octanol–water partition coefficient (Wildman–Crippen LogP) is 5.70. The number of carbonyl (C=O) groups is 1. The first-order valence-electron chi connectivity index (χ1n) is 12.0. The van der Waals surface area contributed by atoms with Gasteiger partial charge in [-0.3, -0.25) is 9.20 Å². The monoisotopic (exact) mass is 484 g/mol. The Balaban J connectivity index is 1.52. The molecule has 0 aliphatic heterocycles. The van der Waals surface area contributed by atoms with Gasteiger partial charge < -0.3 is 11.1 Å². The van der Waals surface area contributed by atoms with Crippen molar-refractivity contribution in [2.24, 2.45) is 5.73 Å². The normalized spacial score (nSPS) is 11.2. The Hall–Kier alpha value is -4.88. The van der Waals surface area contributed by atoms with Crippen LogP contribution in [0.25, 0.3) is 50.3 Å². The van der Waals surface area contributed by atoms with Gasteiger partial charge in [-0.2, -0.15) is 0 Å². The largest absolute Gasteiger partial charge is 0.326 e. The Morgan fingerprint density at radius 2 is 1.59 bits per heavy atom. The maximum Gasteiger partial charge on any atom is 0.221 e. The van der Waals surface area contributed by atoms with E-state index in [1.54, 1.807) is 0 Å². The first-order chi connectivity index (χ1) is 18.1. The van der Waals surface area contributed by atoms with Crippen molar-refractivity contribution >= 4 is 28.1 Å². The van der Waals surface area contributed by atoms with Crippen molar-refractivity contribution in [3.05, 3.63) is 103 Å². The van der Waals surface area contributed by atoms with Gasteiger partial charge in [0, 0.05) is 47.4 Å². The van der Waals surface area contributed by atoms with Gasteiger partial charge in [0.15, 0.2) is 11.5 Å². The molecule has 0 atom stereocenters. The second kappa shape index (κ2) is 9.29. The van der Waals surface area contributed by atoms with E-state index in [2.05, 4.69) is 45.8 Å². The van der Waals surface area contributed by atoms with E-state index in [-0.39, 0.29) is 5.91 Å². The van der Waals surface area contributed by atoms with Gasteiger partial charge in [-0.1, -0.05) is 54.6 Å². The van der Waals surface area contributed by atoms with Crippen LogP contribution in [0.2, 0.25) is 0 Å². The number of nitrogens with one attached hydrogen (secondary N) is 1. The minimum Gasteiger partial charge on any atom is -0.326 e. The van der Waals surface area contributed by atoms with Crippen molar-refractivity contribution in [1.29, 1.82) is 0 Å². The molecule has 0 bridgehead atoms. The summed E-state index contributed by atoms with van der Waals surface area (Å²) in [4.78, 5) is 16.4. The molecule has 0 saturated heterocycles. The molecule has 1 amide bonds. The number of pyridine rings is 2. The van der Waals surface area contributed by atoms with Crippen LogP contribution < -0.4 is 11.1 Å². The van der Waals surface area contributed by atoms with Crippen molar-refractivity contribution in [3.63, 3.8) is 0 Å². The van der Waals surface area contributed by atoms with Gasteiger partial charge in [0.05, 0.1) is 11.2 Å². The molecule has 180 valence electrons. The Morgan fingerprint density at radius 3 is 2.30 bits per heavy atom. The lowest BCUT2D eigenvalue weighted by molar-refractivity contribution is -0.114. The van der Waals surface area contributed by atoms with Crippen LogP contribution in [0.5, 0.6) is 0 Å². The highest BCUT2D eigenvalue weighted by atomic mass is 16.1. The zero-order chi connectivity index (χ0) is 25.4. The Morgan fingerprint density at radius 1 is 0.865 bits per heavy atom. The van der Waals surface area contributed by atoms with Gasteiger partial charge >= 0.3 is 0 Å². The summed E-state index contributed by atoms with van der Waals surface area (Å²) in [5.41, 5.74) is 14.1. The van der Waals surface area contributed by atoms with Gasteiger partial charge in [-0.05, 0) is 47.5 Å². The van der Waals surface area contributed by atoms with Crippen LogP contribution in [0, 0.1) is 0 Å². The molecule has 0 aliphatic carbocycles. The molecule has 0 unspecified atom stereocenters. The molecular formula is C30H24N6O. The molecule has 0 spiro atoms. The summed E-state index contributed by atoms with van der Waals surface area (Å²) in [7, 11) is 0. The van der Waals surface area contributed by atoms with Crippen molar-refractivity contribution in [1.82, 2.24) is 19.6 Å². The third kappa shape index (κ3) is 4.22. The lowest BCUT2D eigenvalue weighted by Gasteiger charge is -2.13. The van der Waals surface area contributed by atoms with E-state index in [0.717, 1.165) is 55.7 Å². The smallest absolute Gasteiger partial charge is 0.221 e. The van der Waals surface area contributed by atoms with Gasteiger partial charge in [-0.25, -0.2) is 4.98 Å². The predicted molar refractivity (Wildman–Crippen MR) is 147 cm³/mol. The lowest BCUT2D eigenvalue weighted by atomic mass is 9.97. The highest BCUT2D eigenvalue weighted by Crippen LogP contribution is 2.35. The molecule has 3 heterocycles. The molecule has 3 aromatic carbocycles. The highest BCUT2D eigenvalue weighted by molar-refractivity contribution is 5.98. The molecule has 3 aromatic heterocycles. The van der Waals surface area contributed by atoms with Crippen molar-refractivity contribution < 1.29 is 4.79 Å². The summed E-state index contributed by atoms with van der Waals surface area (Å²) < 4.78 is 1.97. The van der Waals surface area contributed by atoms with Crippen LogP contribution in [0.1, 0.15) is 12.5 Å². The molecule has 0 saturated carbocycles. The number of rotatable bonds is 5. The number of amides is 1. The average Bonchev–Trinajstić information content (AvgIpc) is 3.38. The second-order valence-corrected chi connectivity index (χ2v) is 8.88. The Bertz CT molecular complexity index is 1740. The van der Waals surface area contributed by atoms with E-state index >= 15 is 0 Å². The maximum atomic E-state index is 11.4. The number of hydrogen-bond donors (Lipinski definition) is 2. The summed E-state index contributed by atoms with van der Waals surface area (Å²) >= 11 is 0. The standard InChI is InChI=1S/C30H24N6O/c1-19(37)32-24-13-11-23(12-14-24)29-34-35-30-26-17-25(21-5-3-2-4-6-21)28(33-27(26)15-16-36(29)30)22-9-7-20(18-31)8-10-22/h2-17H,18,31H2,1H3,(H,32,37). The van der Waals surface area contributed by atoms with E-state index in [4.69, 9.17) is 10.7 Å². The molecule has 7 heteroatoms. The molecule has 0 radical (unpaired) electrons. The SMILES string of the molecule is CC(=O)Nc1ccc(-c2nnc3c4cc(-c5ccccc5)c(-c5ccc(CN)cc5)nc4ccn23)cc1. The van der Waals surface area contributed by atoms with Crippen molar-refractivity contribution in [2.75, 3.05) is 5.32 Å². The summed E-state index contributed by atoms with van der Waals surface area (Å²) in [6, 6.07) is 30.2. The van der Waals surface area contributed by atoms with Gasteiger partial charge in [-0.15, -0.1) is 10.2 Å². The fourth-order valence-electron chi connectivity index (χ4n) is 4.55. The average molecular weight is 485 g/mol. The minimum absolute atomic E-state index is 0.108. The number of benzene rings is 3. The topological polar surface area (TPSA) is 98.2 Å². The number of nitrogens with zero attached hydrogens (tertiary/aromatic N) is 4. The quantitative estimate of drug-likeness (QED) is 0.327. The number of nitrogens with two attached hydrogens (primary N) is 1. The minimum atomic E-state index is -0.108.